The van der Waals surface area contributed by atoms with Crippen molar-refractivity contribution in [1.82, 2.24) is 9.97 Å². The molecule has 4 heteroatoms. The zero-order valence-electron chi connectivity index (χ0n) is 11.2. The average Bonchev–Trinajstić information content (AvgIpc) is 2.83. The van der Waals surface area contributed by atoms with E-state index in [0.29, 0.717) is 6.54 Å². The molecule has 1 aromatic carbocycles. The van der Waals surface area contributed by atoms with Crippen molar-refractivity contribution >= 4 is 22.6 Å². The Kier molecular flexibility index (Phi) is 3.27. The van der Waals surface area contributed by atoms with Crippen molar-refractivity contribution in [2.45, 2.75) is 38.0 Å². The fourth-order valence-corrected chi connectivity index (χ4v) is 3.26. The van der Waals surface area contributed by atoms with Gasteiger partial charge in [-0.3, -0.25) is 0 Å². The second-order valence-corrected chi connectivity index (χ2v) is 6.35. The monoisotopic (exact) mass is 277 g/mol. The van der Waals surface area contributed by atoms with Crippen LogP contribution < -0.4 is 5.73 Å². The third kappa shape index (κ3) is 2.26. The number of fused-ring (bicyclic) bond motifs is 1. The number of hydrogen-bond donors (Lipinski definition) is 2. The number of nitrogens with zero attached hydrogens (tertiary/aromatic N) is 1. The van der Waals surface area contributed by atoms with E-state index < -0.39 is 0 Å². The Labute approximate surface area is 118 Å². The van der Waals surface area contributed by atoms with E-state index in [0.717, 1.165) is 40.6 Å². The molecule has 1 aromatic heterocycles. The van der Waals surface area contributed by atoms with Gasteiger partial charge in [-0.15, -0.1) is 0 Å². The van der Waals surface area contributed by atoms with Crippen LogP contribution in [0.3, 0.4) is 0 Å². The number of benzene rings is 1. The molecule has 3 N–H and O–H groups in total. The highest BCUT2D eigenvalue weighted by molar-refractivity contribution is 6.31. The predicted octanol–water partition coefficient (Wildman–Crippen LogP) is 3.62. The molecule has 1 heterocycles. The maximum atomic E-state index is 6.08. The Morgan fingerprint density at radius 3 is 2.84 bits per heavy atom. The summed E-state index contributed by atoms with van der Waals surface area (Å²) in [6.45, 7) is 2.98. The summed E-state index contributed by atoms with van der Waals surface area (Å²) < 4.78 is 0. The number of nitrogens with two attached hydrogens (primary N) is 1. The topological polar surface area (TPSA) is 54.7 Å². The molecule has 0 atom stereocenters. The first kappa shape index (κ1) is 12.9. The Morgan fingerprint density at radius 2 is 2.16 bits per heavy atom. The first-order valence-electron chi connectivity index (χ1n) is 6.99. The van der Waals surface area contributed by atoms with Crippen molar-refractivity contribution < 1.29 is 0 Å². The third-order valence-corrected chi connectivity index (χ3v) is 4.80. The largest absolute Gasteiger partial charge is 0.341 e. The molecule has 0 bridgehead atoms. The predicted molar refractivity (Wildman–Crippen MR) is 79.5 cm³/mol. The number of hydrogen-bond acceptors (Lipinski definition) is 2. The fraction of sp³-hybridized carbons (Fsp3) is 0.533. The van der Waals surface area contributed by atoms with E-state index in [1.165, 1.54) is 12.8 Å². The Balaban J connectivity index is 2.01. The minimum absolute atomic E-state index is 0.0258. The molecule has 1 aliphatic carbocycles. The second-order valence-electron chi connectivity index (χ2n) is 5.91. The van der Waals surface area contributed by atoms with Gasteiger partial charge in [-0.25, -0.2) is 4.98 Å². The smallest absolute Gasteiger partial charge is 0.114 e. The lowest BCUT2D eigenvalue weighted by molar-refractivity contribution is 0.238. The molecule has 1 fully saturated rings. The molecule has 2 aromatic rings. The number of rotatable bonds is 2. The molecule has 0 radical (unpaired) electrons. The van der Waals surface area contributed by atoms with Gasteiger partial charge in [0, 0.05) is 17.0 Å². The van der Waals surface area contributed by atoms with Gasteiger partial charge in [-0.2, -0.15) is 0 Å². The van der Waals surface area contributed by atoms with E-state index in [4.69, 9.17) is 22.3 Å². The minimum Gasteiger partial charge on any atom is -0.341 e. The van der Waals surface area contributed by atoms with Crippen LogP contribution in [0.4, 0.5) is 0 Å². The molecule has 0 unspecified atom stereocenters. The summed E-state index contributed by atoms with van der Waals surface area (Å²) in [5.74, 6) is 1.85. The van der Waals surface area contributed by atoms with Gasteiger partial charge in [0.1, 0.15) is 5.82 Å². The number of halogens is 1. The van der Waals surface area contributed by atoms with Gasteiger partial charge in [-0.05, 0) is 49.8 Å². The van der Waals surface area contributed by atoms with Crippen LogP contribution in [0.2, 0.25) is 5.02 Å². The number of aromatic amines is 1. The maximum Gasteiger partial charge on any atom is 0.114 e. The summed E-state index contributed by atoms with van der Waals surface area (Å²) in [6.07, 6.45) is 4.71. The SMILES string of the molecule is CC1CCC(CN)(c2nc3ccc(Cl)cc3[nH]2)CC1. The molecule has 102 valence electrons. The average molecular weight is 278 g/mol. The Hall–Kier alpha value is -1.06. The van der Waals surface area contributed by atoms with Gasteiger partial charge in [-0.1, -0.05) is 18.5 Å². The number of nitrogens with one attached hydrogen (secondary N) is 1. The van der Waals surface area contributed by atoms with Crippen LogP contribution in [0.25, 0.3) is 11.0 Å². The van der Waals surface area contributed by atoms with Crippen molar-refractivity contribution in [1.29, 1.82) is 0 Å². The van der Waals surface area contributed by atoms with E-state index in [9.17, 15) is 0 Å². The fourth-order valence-electron chi connectivity index (χ4n) is 3.09. The Morgan fingerprint density at radius 1 is 1.42 bits per heavy atom. The van der Waals surface area contributed by atoms with Crippen LogP contribution in [-0.4, -0.2) is 16.5 Å². The van der Waals surface area contributed by atoms with Crippen LogP contribution in [0.5, 0.6) is 0 Å². The molecule has 0 aliphatic heterocycles. The van der Waals surface area contributed by atoms with Crippen molar-refractivity contribution in [3.05, 3.63) is 29.0 Å². The van der Waals surface area contributed by atoms with Gasteiger partial charge < -0.3 is 10.7 Å². The summed E-state index contributed by atoms with van der Waals surface area (Å²) in [4.78, 5) is 8.19. The summed E-state index contributed by atoms with van der Waals surface area (Å²) in [5, 5.41) is 0.738. The van der Waals surface area contributed by atoms with E-state index in [1.54, 1.807) is 0 Å². The van der Waals surface area contributed by atoms with Crippen molar-refractivity contribution in [3.8, 4) is 0 Å². The molecule has 1 saturated carbocycles. The first-order valence-corrected chi connectivity index (χ1v) is 7.36. The maximum absolute atomic E-state index is 6.08. The summed E-state index contributed by atoms with van der Waals surface area (Å²) in [7, 11) is 0. The van der Waals surface area contributed by atoms with Gasteiger partial charge in [0.05, 0.1) is 11.0 Å². The molecule has 0 spiro atoms. The van der Waals surface area contributed by atoms with Gasteiger partial charge in [0.25, 0.3) is 0 Å². The van der Waals surface area contributed by atoms with Crippen molar-refractivity contribution in [2.24, 2.45) is 11.7 Å². The zero-order valence-corrected chi connectivity index (χ0v) is 12.0. The summed E-state index contributed by atoms with van der Waals surface area (Å²) in [5.41, 5.74) is 8.09. The zero-order chi connectivity index (χ0) is 13.5. The van der Waals surface area contributed by atoms with Crippen LogP contribution in [0.15, 0.2) is 18.2 Å². The normalized spacial score (nSPS) is 27.8. The van der Waals surface area contributed by atoms with E-state index in [1.807, 2.05) is 18.2 Å². The first-order chi connectivity index (χ1) is 9.13. The van der Waals surface area contributed by atoms with Gasteiger partial charge in [0.15, 0.2) is 0 Å². The highest BCUT2D eigenvalue weighted by atomic mass is 35.5. The molecule has 19 heavy (non-hydrogen) atoms. The second kappa shape index (κ2) is 4.80. The van der Waals surface area contributed by atoms with Crippen LogP contribution in [0, 0.1) is 5.92 Å². The highest BCUT2D eigenvalue weighted by Crippen LogP contribution is 2.40. The van der Waals surface area contributed by atoms with E-state index >= 15 is 0 Å². The molecule has 3 rings (SSSR count). The van der Waals surface area contributed by atoms with Gasteiger partial charge in [0.2, 0.25) is 0 Å². The highest BCUT2D eigenvalue weighted by Gasteiger charge is 2.37. The lowest BCUT2D eigenvalue weighted by Crippen LogP contribution is -2.39. The summed E-state index contributed by atoms with van der Waals surface area (Å²) in [6, 6.07) is 5.78. The third-order valence-electron chi connectivity index (χ3n) is 4.57. The molecule has 0 saturated heterocycles. The lowest BCUT2D eigenvalue weighted by Gasteiger charge is -2.36. The van der Waals surface area contributed by atoms with Crippen LogP contribution >= 0.6 is 11.6 Å². The van der Waals surface area contributed by atoms with E-state index in [2.05, 4.69) is 11.9 Å². The van der Waals surface area contributed by atoms with Crippen LogP contribution in [0.1, 0.15) is 38.4 Å². The van der Waals surface area contributed by atoms with Crippen molar-refractivity contribution in [3.63, 3.8) is 0 Å². The molecule has 1 aliphatic rings. The molecule has 0 amide bonds. The Bertz CT molecular complexity index is 582. The molecular weight excluding hydrogens is 258 g/mol. The van der Waals surface area contributed by atoms with Crippen LogP contribution in [-0.2, 0) is 5.41 Å². The molecule has 3 nitrogen and oxygen atoms in total. The number of aromatic nitrogens is 2. The standard InChI is InChI=1S/C15H20ClN3/c1-10-4-6-15(9-17,7-5-10)14-18-12-3-2-11(16)8-13(12)19-14/h2-3,8,10H,4-7,9,17H2,1H3,(H,18,19). The quantitative estimate of drug-likeness (QED) is 0.881. The molecular formula is C15H20ClN3. The summed E-state index contributed by atoms with van der Waals surface area (Å²) >= 11 is 6.03. The van der Waals surface area contributed by atoms with E-state index in [-0.39, 0.29) is 5.41 Å². The number of H-pyrrole nitrogens is 1. The minimum atomic E-state index is 0.0258. The lowest BCUT2D eigenvalue weighted by atomic mass is 9.70. The van der Waals surface area contributed by atoms with Crippen molar-refractivity contribution in [2.75, 3.05) is 6.54 Å². The van der Waals surface area contributed by atoms with Gasteiger partial charge >= 0.3 is 0 Å². The number of imidazole rings is 1.